The lowest BCUT2D eigenvalue weighted by molar-refractivity contribution is 0.679. The van der Waals surface area contributed by atoms with Crippen molar-refractivity contribution in [3.05, 3.63) is 22.3 Å². The van der Waals surface area contributed by atoms with Gasteiger partial charge in [0.1, 0.15) is 5.82 Å². The molecule has 0 aliphatic carbocycles. The van der Waals surface area contributed by atoms with Crippen LogP contribution in [0.3, 0.4) is 0 Å². The number of aryl methyl sites for hydroxylation is 1. The van der Waals surface area contributed by atoms with Gasteiger partial charge in [-0.1, -0.05) is 0 Å². The van der Waals surface area contributed by atoms with E-state index in [2.05, 4.69) is 38.8 Å². The summed E-state index contributed by atoms with van der Waals surface area (Å²) in [5.41, 5.74) is 1.16. The molecule has 0 bridgehead atoms. The Morgan fingerprint density at radius 3 is 2.81 bits per heavy atom. The van der Waals surface area contributed by atoms with Crippen molar-refractivity contribution in [1.29, 1.82) is 5.26 Å². The Bertz CT molecular complexity index is 398. The van der Waals surface area contributed by atoms with Crippen LogP contribution in [0.15, 0.2) is 16.7 Å². The lowest BCUT2D eigenvalue weighted by Gasteiger charge is -2.23. The Morgan fingerprint density at radius 1 is 1.62 bits per heavy atom. The molecule has 0 saturated carbocycles. The number of halogens is 1. The van der Waals surface area contributed by atoms with E-state index in [1.54, 1.807) is 0 Å². The van der Waals surface area contributed by atoms with Gasteiger partial charge in [0.2, 0.25) is 0 Å². The van der Waals surface area contributed by atoms with Crippen molar-refractivity contribution in [1.82, 2.24) is 4.98 Å². The van der Waals surface area contributed by atoms with Crippen LogP contribution in [-0.2, 0) is 0 Å². The molecule has 1 rings (SSSR count). The second-order valence-electron chi connectivity index (χ2n) is 3.86. The molecule has 0 saturated heterocycles. The topological polar surface area (TPSA) is 39.9 Å². The summed E-state index contributed by atoms with van der Waals surface area (Å²) >= 11 is 3.43. The number of pyridine rings is 1. The predicted molar refractivity (Wildman–Crippen MR) is 69.3 cm³/mol. The number of hydrogen-bond donors (Lipinski definition) is 0. The largest absolute Gasteiger partial charge is 0.356 e. The first-order valence-electron chi connectivity index (χ1n) is 5.35. The number of nitriles is 1. The van der Waals surface area contributed by atoms with Gasteiger partial charge in [0, 0.05) is 23.8 Å². The maximum atomic E-state index is 8.82. The third-order valence-electron chi connectivity index (χ3n) is 2.45. The molecule has 0 N–H and O–H groups in total. The molecule has 3 nitrogen and oxygen atoms in total. The fourth-order valence-electron chi connectivity index (χ4n) is 1.45. The third-order valence-corrected chi connectivity index (χ3v) is 3.28. The molecule has 1 heterocycles. The summed E-state index contributed by atoms with van der Waals surface area (Å²) in [5.74, 6) is 0.955. The summed E-state index contributed by atoms with van der Waals surface area (Å²) in [6.07, 6.45) is 1.81. The zero-order valence-electron chi connectivity index (χ0n) is 9.87. The summed E-state index contributed by atoms with van der Waals surface area (Å²) < 4.78 is 1.01. The van der Waals surface area contributed by atoms with E-state index in [1.165, 1.54) is 0 Å². The van der Waals surface area contributed by atoms with Gasteiger partial charge in [-0.15, -0.1) is 0 Å². The van der Waals surface area contributed by atoms with Crippen LogP contribution in [0, 0.1) is 24.2 Å². The van der Waals surface area contributed by atoms with Gasteiger partial charge in [0.25, 0.3) is 0 Å². The molecular weight excluding hydrogens is 266 g/mol. The minimum atomic E-state index is 0.0192. The molecule has 1 aromatic heterocycles. The highest BCUT2D eigenvalue weighted by Crippen LogP contribution is 2.20. The standard InChI is InChI=1S/C12H16BrN3/c1-4-16(8-9(2)6-14)12-5-10(3)11(13)7-15-12/h5,7,9H,4,8H2,1-3H3. The molecule has 1 atom stereocenters. The fourth-order valence-corrected chi connectivity index (χ4v) is 1.67. The summed E-state index contributed by atoms with van der Waals surface area (Å²) in [6.45, 7) is 7.62. The van der Waals surface area contributed by atoms with Gasteiger partial charge in [-0.2, -0.15) is 5.26 Å². The van der Waals surface area contributed by atoms with Gasteiger partial charge in [-0.25, -0.2) is 4.98 Å². The number of anilines is 1. The monoisotopic (exact) mass is 281 g/mol. The molecule has 86 valence electrons. The van der Waals surface area contributed by atoms with Crippen LogP contribution >= 0.6 is 15.9 Å². The first-order chi connectivity index (χ1) is 7.58. The SMILES string of the molecule is CCN(CC(C)C#N)c1cc(C)c(Br)cn1. The number of hydrogen-bond acceptors (Lipinski definition) is 3. The van der Waals surface area contributed by atoms with E-state index in [4.69, 9.17) is 5.26 Å². The van der Waals surface area contributed by atoms with Crippen LogP contribution in [0.1, 0.15) is 19.4 Å². The summed E-state index contributed by atoms with van der Waals surface area (Å²) in [7, 11) is 0. The third kappa shape index (κ3) is 3.21. The highest BCUT2D eigenvalue weighted by Gasteiger charge is 2.10. The number of aromatic nitrogens is 1. The second kappa shape index (κ2) is 5.86. The molecule has 4 heteroatoms. The van der Waals surface area contributed by atoms with E-state index in [9.17, 15) is 0 Å². The van der Waals surface area contributed by atoms with Gasteiger partial charge >= 0.3 is 0 Å². The quantitative estimate of drug-likeness (QED) is 0.851. The van der Waals surface area contributed by atoms with Crippen molar-refractivity contribution in [3.63, 3.8) is 0 Å². The Hall–Kier alpha value is -1.08. The van der Waals surface area contributed by atoms with E-state index < -0.39 is 0 Å². The molecule has 1 unspecified atom stereocenters. The Balaban J connectivity index is 2.87. The first kappa shape index (κ1) is 13.0. The lowest BCUT2D eigenvalue weighted by atomic mass is 10.2. The average molecular weight is 282 g/mol. The molecule has 0 aliphatic heterocycles. The van der Waals surface area contributed by atoms with Crippen molar-refractivity contribution >= 4 is 21.7 Å². The number of nitrogens with zero attached hydrogens (tertiary/aromatic N) is 3. The lowest BCUT2D eigenvalue weighted by Crippen LogP contribution is -2.28. The molecular formula is C12H16BrN3. The highest BCUT2D eigenvalue weighted by molar-refractivity contribution is 9.10. The average Bonchev–Trinajstić information content (AvgIpc) is 2.29. The highest BCUT2D eigenvalue weighted by atomic mass is 79.9. The van der Waals surface area contributed by atoms with Crippen molar-refractivity contribution < 1.29 is 0 Å². The summed E-state index contributed by atoms with van der Waals surface area (Å²) in [6, 6.07) is 4.29. The van der Waals surface area contributed by atoms with Gasteiger partial charge in [0.05, 0.1) is 12.0 Å². The van der Waals surface area contributed by atoms with Gasteiger partial charge in [0.15, 0.2) is 0 Å². The predicted octanol–water partition coefficient (Wildman–Crippen LogP) is 3.14. The van der Waals surface area contributed by atoms with Gasteiger partial charge < -0.3 is 4.90 Å². The van der Waals surface area contributed by atoms with E-state index in [0.717, 1.165) is 28.9 Å². The van der Waals surface area contributed by atoms with Crippen LogP contribution in [0.25, 0.3) is 0 Å². The maximum Gasteiger partial charge on any atom is 0.128 e. The van der Waals surface area contributed by atoms with E-state index in [0.29, 0.717) is 0 Å². The Morgan fingerprint density at radius 2 is 2.31 bits per heavy atom. The minimum absolute atomic E-state index is 0.0192. The maximum absolute atomic E-state index is 8.82. The van der Waals surface area contributed by atoms with E-state index in [1.807, 2.05) is 26.1 Å². The Labute approximate surface area is 105 Å². The molecule has 0 spiro atoms. The van der Waals surface area contributed by atoms with Crippen molar-refractivity contribution in [2.24, 2.45) is 5.92 Å². The molecule has 0 aromatic carbocycles. The molecule has 16 heavy (non-hydrogen) atoms. The Kier molecular flexibility index (Phi) is 4.75. The fraction of sp³-hybridized carbons (Fsp3) is 0.500. The summed E-state index contributed by atoms with van der Waals surface area (Å²) in [5, 5.41) is 8.82. The molecule has 1 aromatic rings. The minimum Gasteiger partial charge on any atom is -0.356 e. The smallest absolute Gasteiger partial charge is 0.128 e. The summed E-state index contributed by atoms with van der Waals surface area (Å²) in [4.78, 5) is 6.49. The van der Waals surface area contributed by atoms with Gasteiger partial charge in [-0.3, -0.25) is 0 Å². The molecule has 0 amide bonds. The molecule has 0 aliphatic rings. The normalized spacial score (nSPS) is 11.9. The van der Waals surface area contributed by atoms with Crippen molar-refractivity contribution in [2.45, 2.75) is 20.8 Å². The van der Waals surface area contributed by atoms with E-state index >= 15 is 0 Å². The van der Waals surface area contributed by atoms with Crippen molar-refractivity contribution in [2.75, 3.05) is 18.0 Å². The zero-order valence-corrected chi connectivity index (χ0v) is 11.5. The van der Waals surface area contributed by atoms with E-state index in [-0.39, 0.29) is 5.92 Å². The van der Waals surface area contributed by atoms with Gasteiger partial charge in [-0.05, 0) is 48.3 Å². The van der Waals surface area contributed by atoms with Crippen LogP contribution < -0.4 is 4.90 Å². The molecule has 0 radical (unpaired) electrons. The zero-order chi connectivity index (χ0) is 12.1. The second-order valence-corrected chi connectivity index (χ2v) is 4.71. The van der Waals surface area contributed by atoms with Crippen LogP contribution in [0.4, 0.5) is 5.82 Å². The first-order valence-corrected chi connectivity index (χ1v) is 6.14. The van der Waals surface area contributed by atoms with Crippen LogP contribution in [0.5, 0.6) is 0 Å². The number of rotatable bonds is 4. The van der Waals surface area contributed by atoms with Crippen molar-refractivity contribution in [3.8, 4) is 6.07 Å². The van der Waals surface area contributed by atoms with Crippen LogP contribution in [-0.4, -0.2) is 18.1 Å². The molecule has 0 fully saturated rings. The van der Waals surface area contributed by atoms with Crippen LogP contribution in [0.2, 0.25) is 0 Å².